The molecule has 0 aliphatic carbocycles. The van der Waals surface area contributed by atoms with Gasteiger partial charge in [0, 0.05) is 12.1 Å². The van der Waals surface area contributed by atoms with Gasteiger partial charge in [0.2, 0.25) is 5.91 Å². The highest BCUT2D eigenvalue weighted by Gasteiger charge is 2.16. The van der Waals surface area contributed by atoms with Crippen LogP contribution in [0.4, 0.5) is 5.69 Å². The van der Waals surface area contributed by atoms with Crippen LogP contribution in [-0.4, -0.2) is 38.2 Å². The van der Waals surface area contributed by atoms with Crippen LogP contribution < -0.4 is 10.1 Å². The van der Waals surface area contributed by atoms with Gasteiger partial charge in [-0.3, -0.25) is 4.79 Å². The van der Waals surface area contributed by atoms with Gasteiger partial charge in [-0.2, -0.15) is 0 Å². The Morgan fingerprint density at radius 3 is 1.90 bits per heavy atom. The predicted molar refractivity (Wildman–Crippen MR) is 108 cm³/mol. The van der Waals surface area contributed by atoms with Gasteiger partial charge < -0.3 is 19.5 Å². The number of nitrogens with one attached hydrogen (secondary N) is 1. The van der Waals surface area contributed by atoms with Crippen molar-refractivity contribution in [1.29, 1.82) is 0 Å². The zero-order chi connectivity index (χ0) is 21.2. The van der Waals surface area contributed by atoms with E-state index >= 15 is 0 Å². The van der Waals surface area contributed by atoms with E-state index in [0.29, 0.717) is 12.1 Å². The lowest BCUT2D eigenvalue weighted by molar-refractivity contribution is -0.116. The number of rotatable bonds is 9. The largest absolute Gasteiger partial charge is 0.497 e. The summed E-state index contributed by atoms with van der Waals surface area (Å²) < 4.78 is 15.1. The van der Waals surface area contributed by atoms with Crippen molar-refractivity contribution in [1.82, 2.24) is 0 Å². The molecular formula is C22H25NO6. The summed E-state index contributed by atoms with van der Waals surface area (Å²) in [6.45, 7) is 3.78. The molecule has 1 N–H and O–H groups in total. The molecule has 0 aromatic heterocycles. The topological polar surface area (TPSA) is 90.9 Å². The third-order valence-electron chi connectivity index (χ3n) is 4.04. The third-order valence-corrected chi connectivity index (χ3v) is 4.04. The molecule has 1 amide bonds. The van der Waals surface area contributed by atoms with Crippen molar-refractivity contribution >= 4 is 23.5 Å². The van der Waals surface area contributed by atoms with Gasteiger partial charge in [0.1, 0.15) is 5.75 Å². The van der Waals surface area contributed by atoms with Crippen LogP contribution in [0.5, 0.6) is 5.75 Å². The molecule has 0 bridgehead atoms. The summed E-state index contributed by atoms with van der Waals surface area (Å²) in [7, 11) is 1.59. The fourth-order valence-corrected chi connectivity index (χ4v) is 2.64. The SMILES string of the molecule is CCOC(=O)c1cc(NC(=O)CCc2ccc(OC)cc2)cc(C(=O)OCC)c1. The summed E-state index contributed by atoms with van der Waals surface area (Å²) in [6.07, 6.45) is 0.781. The Labute approximate surface area is 170 Å². The number of amides is 1. The van der Waals surface area contributed by atoms with E-state index in [4.69, 9.17) is 14.2 Å². The summed E-state index contributed by atoms with van der Waals surface area (Å²) in [5, 5.41) is 2.73. The maximum Gasteiger partial charge on any atom is 0.338 e. The molecule has 0 saturated heterocycles. The zero-order valence-electron chi connectivity index (χ0n) is 16.8. The number of methoxy groups -OCH3 is 1. The quantitative estimate of drug-likeness (QED) is 0.648. The average Bonchev–Trinajstić information content (AvgIpc) is 2.72. The van der Waals surface area contributed by atoms with E-state index in [2.05, 4.69) is 5.32 Å². The third kappa shape index (κ3) is 6.64. The Kier molecular flexibility index (Phi) is 8.21. The number of hydrogen-bond donors (Lipinski definition) is 1. The molecular weight excluding hydrogens is 374 g/mol. The molecule has 0 heterocycles. The average molecular weight is 399 g/mol. The van der Waals surface area contributed by atoms with Gasteiger partial charge >= 0.3 is 11.9 Å². The number of esters is 2. The second-order valence-corrected chi connectivity index (χ2v) is 6.14. The number of carbonyl (C=O) groups is 3. The van der Waals surface area contributed by atoms with Crippen molar-refractivity contribution in [2.24, 2.45) is 0 Å². The molecule has 0 radical (unpaired) electrons. The Morgan fingerprint density at radius 1 is 0.862 bits per heavy atom. The van der Waals surface area contributed by atoms with Gasteiger partial charge in [0.25, 0.3) is 0 Å². The molecule has 2 aromatic rings. The molecule has 2 aromatic carbocycles. The van der Waals surface area contributed by atoms with Crippen LogP contribution in [0.15, 0.2) is 42.5 Å². The highest BCUT2D eigenvalue weighted by molar-refractivity contribution is 5.99. The Morgan fingerprint density at radius 2 is 1.41 bits per heavy atom. The molecule has 154 valence electrons. The number of ether oxygens (including phenoxy) is 3. The Bertz CT molecular complexity index is 824. The molecule has 2 rings (SSSR count). The normalized spacial score (nSPS) is 10.2. The van der Waals surface area contributed by atoms with Crippen molar-refractivity contribution in [3.8, 4) is 5.75 Å². The standard InChI is InChI=1S/C22H25NO6/c1-4-28-21(25)16-12-17(22(26)29-5-2)14-18(13-16)23-20(24)11-8-15-6-9-19(27-3)10-7-15/h6-7,9-10,12-14H,4-5,8,11H2,1-3H3,(H,23,24). The van der Waals surface area contributed by atoms with Crippen molar-refractivity contribution in [3.05, 3.63) is 59.2 Å². The van der Waals surface area contributed by atoms with Crippen molar-refractivity contribution in [3.63, 3.8) is 0 Å². The van der Waals surface area contributed by atoms with Crippen LogP contribution in [0.3, 0.4) is 0 Å². The second kappa shape index (κ2) is 10.8. The molecule has 0 fully saturated rings. The van der Waals surface area contributed by atoms with Crippen molar-refractivity contribution in [2.75, 3.05) is 25.6 Å². The first kappa shape index (κ1) is 21.9. The van der Waals surface area contributed by atoms with Crippen LogP contribution >= 0.6 is 0 Å². The minimum absolute atomic E-state index is 0.169. The van der Waals surface area contributed by atoms with Crippen LogP contribution in [-0.2, 0) is 20.7 Å². The molecule has 0 spiro atoms. The smallest absolute Gasteiger partial charge is 0.338 e. The van der Waals surface area contributed by atoms with E-state index in [1.54, 1.807) is 21.0 Å². The van der Waals surface area contributed by atoms with E-state index in [-0.39, 0.29) is 36.7 Å². The number of carbonyl (C=O) groups excluding carboxylic acids is 3. The molecule has 7 heteroatoms. The van der Waals surface area contributed by atoms with Crippen molar-refractivity contribution in [2.45, 2.75) is 26.7 Å². The second-order valence-electron chi connectivity index (χ2n) is 6.14. The first-order valence-corrected chi connectivity index (χ1v) is 9.39. The highest BCUT2D eigenvalue weighted by atomic mass is 16.5. The van der Waals surface area contributed by atoms with E-state index in [1.165, 1.54) is 18.2 Å². The molecule has 7 nitrogen and oxygen atoms in total. The fourth-order valence-electron chi connectivity index (χ4n) is 2.64. The molecule has 0 aliphatic rings. The van der Waals surface area contributed by atoms with Gasteiger partial charge in [0.05, 0.1) is 31.5 Å². The summed E-state index contributed by atoms with van der Waals surface area (Å²) >= 11 is 0. The van der Waals surface area contributed by atoms with E-state index in [0.717, 1.165) is 11.3 Å². The first-order chi connectivity index (χ1) is 14.0. The summed E-state index contributed by atoms with van der Waals surface area (Å²) in [5.74, 6) is -0.642. The molecule has 0 unspecified atom stereocenters. The minimum Gasteiger partial charge on any atom is -0.497 e. The fraction of sp³-hybridized carbons (Fsp3) is 0.318. The summed E-state index contributed by atoms with van der Waals surface area (Å²) in [5.41, 5.74) is 1.66. The van der Waals surface area contributed by atoms with E-state index in [1.807, 2.05) is 24.3 Å². The van der Waals surface area contributed by atoms with Crippen LogP contribution in [0, 0.1) is 0 Å². The lowest BCUT2D eigenvalue weighted by atomic mass is 10.1. The highest BCUT2D eigenvalue weighted by Crippen LogP contribution is 2.18. The van der Waals surface area contributed by atoms with Crippen LogP contribution in [0.2, 0.25) is 0 Å². The number of benzene rings is 2. The van der Waals surface area contributed by atoms with Crippen LogP contribution in [0.1, 0.15) is 46.5 Å². The van der Waals surface area contributed by atoms with Crippen molar-refractivity contribution < 1.29 is 28.6 Å². The summed E-state index contributed by atoms with van der Waals surface area (Å²) in [6, 6.07) is 11.8. The number of hydrogen-bond acceptors (Lipinski definition) is 6. The molecule has 0 atom stereocenters. The van der Waals surface area contributed by atoms with Gasteiger partial charge in [-0.05, 0) is 56.2 Å². The maximum absolute atomic E-state index is 12.4. The Balaban J connectivity index is 2.10. The van der Waals surface area contributed by atoms with E-state index in [9.17, 15) is 14.4 Å². The number of anilines is 1. The molecule has 0 saturated carbocycles. The monoisotopic (exact) mass is 399 g/mol. The minimum atomic E-state index is -0.576. The van der Waals surface area contributed by atoms with Gasteiger partial charge in [-0.15, -0.1) is 0 Å². The van der Waals surface area contributed by atoms with Gasteiger partial charge in [-0.25, -0.2) is 9.59 Å². The summed E-state index contributed by atoms with van der Waals surface area (Å²) in [4.78, 5) is 36.5. The first-order valence-electron chi connectivity index (χ1n) is 9.39. The molecule has 29 heavy (non-hydrogen) atoms. The number of aryl methyl sites for hydroxylation is 1. The maximum atomic E-state index is 12.4. The van der Waals surface area contributed by atoms with Crippen LogP contribution in [0.25, 0.3) is 0 Å². The zero-order valence-corrected chi connectivity index (χ0v) is 16.8. The molecule has 0 aliphatic heterocycles. The lowest BCUT2D eigenvalue weighted by Crippen LogP contribution is -2.15. The van der Waals surface area contributed by atoms with Gasteiger partial charge in [-0.1, -0.05) is 12.1 Å². The lowest BCUT2D eigenvalue weighted by Gasteiger charge is -2.11. The Hall–Kier alpha value is -3.35. The van der Waals surface area contributed by atoms with Gasteiger partial charge in [0.15, 0.2) is 0 Å². The van der Waals surface area contributed by atoms with E-state index < -0.39 is 11.9 Å². The predicted octanol–water partition coefficient (Wildman–Crippen LogP) is 3.62.